The zero-order valence-corrected chi connectivity index (χ0v) is 38.2. The van der Waals surface area contributed by atoms with Gasteiger partial charge >= 0.3 is 0 Å². The van der Waals surface area contributed by atoms with E-state index in [-0.39, 0.29) is 0 Å². The Balaban J connectivity index is 1.00. The van der Waals surface area contributed by atoms with Gasteiger partial charge in [0, 0.05) is 42.4 Å². The molecular weight excluding hydrogens is 853 g/mol. The van der Waals surface area contributed by atoms with Crippen LogP contribution in [0.1, 0.15) is 44.5 Å². The predicted molar refractivity (Wildman–Crippen MR) is 285 cm³/mol. The Kier molecular flexibility index (Phi) is 8.11. The molecule has 3 aliphatic carbocycles. The van der Waals surface area contributed by atoms with Crippen LogP contribution in [0.2, 0.25) is 0 Å². The van der Waals surface area contributed by atoms with Crippen molar-refractivity contribution in [3.8, 4) is 67.3 Å². The zero-order valence-electron chi connectivity index (χ0n) is 37.4. The second kappa shape index (κ2) is 14.5. The molecule has 69 heavy (non-hydrogen) atoms. The molecule has 0 aliphatic heterocycles. The summed E-state index contributed by atoms with van der Waals surface area (Å²) in [6, 6.07) is 90.0. The first-order valence-electron chi connectivity index (χ1n) is 23.8. The van der Waals surface area contributed by atoms with E-state index >= 15 is 0 Å². The molecule has 0 N–H and O–H groups in total. The lowest BCUT2D eigenvalue weighted by Crippen LogP contribution is -2.43. The lowest BCUT2D eigenvalue weighted by Gasteiger charge is -2.48. The Morgan fingerprint density at radius 3 is 1.46 bits per heavy atom. The lowest BCUT2D eigenvalue weighted by molar-refractivity contribution is 0.633. The van der Waals surface area contributed by atoms with Gasteiger partial charge in [0.05, 0.1) is 22.2 Å². The first kappa shape index (κ1) is 38.6. The largest absolute Gasteiger partial charge is 0.228 e. The summed E-state index contributed by atoms with van der Waals surface area (Å²) in [6.07, 6.45) is 0. The number of hydrogen-bond donors (Lipinski definition) is 0. The van der Waals surface area contributed by atoms with Gasteiger partial charge in [0.15, 0.2) is 5.82 Å². The van der Waals surface area contributed by atoms with E-state index in [4.69, 9.17) is 9.97 Å². The van der Waals surface area contributed by atoms with Crippen molar-refractivity contribution in [1.29, 1.82) is 0 Å². The van der Waals surface area contributed by atoms with Gasteiger partial charge in [0.25, 0.3) is 0 Å². The minimum absolute atomic E-state index is 0.503. The summed E-state index contributed by atoms with van der Waals surface area (Å²) in [5.74, 6) is 0.710. The highest BCUT2D eigenvalue weighted by molar-refractivity contribution is 7.26. The number of benzene rings is 10. The van der Waals surface area contributed by atoms with Crippen LogP contribution >= 0.6 is 11.3 Å². The van der Waals surface area contributed by atoms with Crippen LogP contribution in [-0.2, 0) is 10.8 Å². The average Bonchev–Trinajstić information content (AvgIpc) is 4.06. The number of hydrogen-bond acceptors (Lipinski definition) is 3. The van der Waals surface area contributed by atoms with Crippen LogP contribution in [0.15, 0.2) is 243 Å². The molecule has 0 radical (unpaired) electrons. The van der Waals surface area contributed by atoms with Gasteiger partial charge < -0.3 is 0 Å². The van der Waals surface area contributed by atoms with Crippen molar-refractivity contribution in [1.82, 2.24) is 9.97 Å². The van der Waals surface area contributed by atoms with Gasteiger partial charge in [-0.1, -0.05) is 218 Å². The van der Waals surface area contributed by atoms with Gasteiger partial charge in [-0.05, 0) is 96.6 Å². The van der Waals surface area contributed by atoms with Crippen molar-refractivity contribution in [3.63, 3.8) is 0 Å². The summed E-state index contributed by atoms with van der Waals surface area (Å²) in [4.78, 5) is 10.3. The molecule has 2 nitrogen and oxygen atoms in total. The number of rotatable bonds is 4. The molecule has 2 spiro atoms. The maximum absolute atomic E-state index is 5.24. The molecule has 15 rings (SSSR count). The Bertz CT molecular complexity index is 3940. The van der Waals surface area contributed by atoms with E-state index in [1.54, 1.807) is 0 Å². The van der Waals surface area contributed by atoms with Crippen LogP contribution in [0, 0.1) is 0 Å². The van der Waals surface area contributed by atoms with Gasteiger partial charge in [-0.3, -0.25) is 0 Å². The van der Waals surface area contributed by atoms with Crippen LogP contribution in [-0.4, -0.2) is 9.97 Å². The summed E-state index contributed by atoms with van der Waals surface area (Å²) in [5.41, 5.74) is 22.1. The molecule has 0 bridgehead atoms. The van der Waals surface area contributed by atoms with Crippen LogP contribution in [0.5, 0.6) is 0 Å². The van der Waals surface area contributed by atoms with Crippen LogP contribution < -0.4 is 0 Å². The molecule has 2 heterocycles. The van der Waals surface area contributed by atoms with Crippen molar-refractivity contribution in [2.75, 3.05) is 0 Å². The second-order valence-corrected chi connectivity index (χ2v) is 19.7. The standard InChI is InChI=1S/C66H40N2S/c1-3-18-41(19-4-1)59-40-60(68-64(67-59)42-20-5-2-6-21-42)45-23-17-22-43(38-45)44-34-35-50-58(39-44)66(57-37-36-49-48-26-9-16-33-61(48)69-63(49)62(50)57)55-31-14-12-29-53(55)65(54-30-13-15-32-56(54)66)51-27-10-7-24-46(51)47-25-8-11-28-52(47)65/h1-40H. The number of thiophene rings is 1. The fraction of sp³-hybridized carbons (Fsp3) is 0.0303. The number of fused-ring (bicyclic) bond motifs is 20. The minimum Gasteiger partial charge on any atom is -0.228 e. The van der Waals surface area contributed by atoms with E-state index in [9.17, 15) is 0 Å². The first-order valence-corrected chi connectivity index (χ1v) is 24.6. The Labute approximate surface area is 404 Å². The van der Waals surface area contributed by atoms with E-state index in [0.29, 0.717) is 5.82 Å². The predicted octanol–water partition coefficient (Wildman–Crippen LogP) is 16.6. The molecule has 3 heteroatoms. The molecule has 0 unspecified atom stereocenters. The molecule has 10 aromatic carbocycles. The van der Waals surface area contributed by atoms with Crippen LogP contribution in [0.3, 0.4) is 0 Å². The lowest BCUT2D eigenvalue weighted by atomic mass is 9.52. The molecule has 0 amide bonds. The van der Waals surface area contributed by atoms with E-state index in [0.717, 1.165) is 33.6 Å². The topological polar surface area (TPSA) is 25.8 Å². The normalized spacial score (nSPS) is 14.0. The highest BCUT2D eigenvalue weighted by Gasteiger charge is 2.59. The van der Waals surface area contributed by atoms with E-state index in [1.165, 1.54) is 92.5 Å². The summed E-state index contributed by atoms with van der Waals surface area (Å²) in [7, 11) is 0. The highest BCUT2D eigenvalue weighted by atomic mass is 32.1. The maximum atomic E-state index is 5.24. The van der Waals surface area contributed by atoms with Crippen molar-refractivity contribution in [2.45, 2.75) is 10.8 Å². The molecule has 320 valence electrons. The summed E-state index contributed by atoms with van der Waals surface area (Å²) in [6.45, 7) is 0. The van der Waals surface area contributed by atoms with Gasteiger partial charge in [0.1, 0.15) is 0 Å². The Morgan fingerprint density at radius 1 is 0.290 bits per heavy atom. The third kappa shape index (κ3) is 5.20. The highest BCUT2D eigenvalue weighted by Crippen LogP contribution is 2.68. The smallest absolute Gasteiger partial charge is 0.160 e. The average molecular weight is 893 g/mol. The van der Waals surface area contributed by atoms with Crippen molar-refractivity contribution in [2.24, 2.45) is 0 Å². The monoisotopic (exact) mass is 892 g/mol. The maximum Gasteiger partial charge on any atom is 0.160 e. The van der Waals surface area contributed by atoms with Crippen molar-refractivity contribution < 1.29 is 0 Å². The molecule has 0 saturated carbocycles. The molecule has 0 fully saturated rings. The Morgan fingerprint density at radius 2 is 0.797 bits per heavy atom. The number of nitrogens with zero attached hydrogens (tertiary/aromatic N) is 2. The molecule has 12 aromatic rings. The van der Waals surface area contributed by atoms with Gasteiger partial charge in [-0.2, -0.15) is 0 Å². The fourth-order valence-corrected chi connectivity index (χ4v) is 13.9. The molecular formula is C66H40N2S. The van der Waals surface area contributed by atoms with Crippen LogP contribution in [0.25, 0.3) is 87.5 Å². The summed E-state index contributed by atoms with van der Waals surface area (Å²) < 4.78 is 2.66. The molecule has 3 aliphatic rings. The SMILES string of the molecule is c1ccc(-c2cc(-c3cccc(-c4ccc5c(c4)C4(c6ccccc6C6(c7ccccc7-c7ccccc76)c6ccccc64)c4ccc6c(sc7ccccc76)c4-5)c3)nc(-c3ccccc3)n2)cc1. The third-order valence-corrected chi connectivity index (χ3v) is 16.6. The second-order valence-electron chi connectivity index (χ2n) is 18.7. The van der Waals surface area contributed by atoms with E-state index in [1.807, 2.05) is 35.6 Å². The van der Waals surface area contributed by atoms with Crippen LogP contribution in [0.4, 0.5) is 0 Å². The van der Waals surface area contributed by atoms with Gasteiger partial charge in [-0.25, -0.2) is 9.97 Å². The molecule has 0 atom stereocenters. The van der Waals surface area contributed by atoms with Gasteiger partial charge in [-0.15, -0.1) is 11.3 Å². The summed E-state index contributed by atoms with van der Waals surface area (Å²) in [5, 5.41) is 2.63. The minimum atomic E-state index is -0.616. The quantitative estimate of drug-likeness (QED) is 0.176. The zero-order chi connectivity index (χ0) is 45.3. The number of aromatic nitrogens is 2. The van der Waals surface area contributed by atoms with E-state index < -0.39 is 10.8 Å². The first-order chi connectivity index (χ1) is 34.2. The van der Waals surface area contributed by atoms with Gasteiger partial charge in [0.2, 0.25) is 0 Å². The summed E-state index contributed by atoms with van der Waals surface area (Å²) >= 11 is 1.93. The van der Waals surface area contributed by atoms with E-state index in [2.05, 4.69) is 218 Å². The fourth-order valence-electron chi connectivity index (χ4n) is 12.7. The molecule has 2 aromatic heterocycles. The van der Waals surface area contributed by atoms with Crippen molar-refractivity contribution >= 4 is 31.5 Å². The Hall–Kier alpha value is -8.50. The molecule has 0 saturated heterocycles. The third-order valence-electron chi connectivity index (χ3n) is 15.4. The van der Waals surface area contributed by atoms with Crippen molar-refractivity contribution in [3.05, 3.63) is 287 Å².